The van der Waals surface area contributed by atoms with Crippen LogP contribution in [0.25, 0.3) is 0 Å². The molecule has 0 amide bonds. The molecule has 0 aliphatic carbocycles. The average molecular weight is 364 g/mol. The van der Waals surface area contributed by atoms with Gasteiger partial charge in [-0.25, -0.2) is 4.79 Å². The molecule has 0 saturated carbocycles. The van der Waals surface area contributed by atoms with E-state index in [-0.39, 0.29) is 0 Å². The van der Waals surface area contributed by atoms with Crippen molar-refractivity contribution in [1.82, 2.24) is 0 Å². The van der Waals surface area contributed by atoms with Gasteiger partial charge >= 0.3 is 23.9 Å². The van der Waals surface area contributed by atoms with Crippen molar-refractivity contribution in [2.24, 2.45) is 0 Å². The fourth-order valence-electron chi connectivity index (χ4n) is 2.27. The number of carbonyl (C=O) groups is 4. The predicted molar refractivity (Wildman–Crippen MR) is 80.9 cm³/mol. The first-order chi connectivity index (χ1) is 11.2. The van der Waals surface area contributed by atoms with Gasteiger partial charge in [0.05, 0.1) is 7.11 Å². The van der Waals surface area contributed by atoms with Gasteiger partial charge in [0.1, 0.15) is 5.44 Å². The third-order valence-corrected chi connectivity index (χ3v) is 3.91. The Kier molecular flexibility index (Phi) is 7.49. The van der Waals surface area contributed by atoms with E-state index in [0.29, 0.717) is 0 Å². The molecule has 1 heterocycles. The quantitative estimate of drug-likeness (QED) is 0.489. The molecule has 0 aromatic rings. The highest BCUT2D eigenvalue weighted by Gasteiger charge is 2.54. The zero-order valence-corrected chi connectivity index (χ0v) is 14.8. The monoisotopic (exact) mass is 364 g/mol. The Balaban J connectivity index is 3.28. The molecule has 0 bridgehead atoms. The van der Waals surface area contributed by atoms with Crippen LogP contribution in [0.3, 0.4) is 0 Å². The lowest BCUT2D eigenvalue weighted by Gasteiger charge is -2.42. The SMILES string of the molecule is COC(=O)[C@@H]1O[C@H](SC)[C@H](OC(C)=O)[C@H](OC(C)=O)[C@H]1OC(C)=O. The van der Waals surface area contributed by atoms with Crippen molar-refractivity contribution in [3.8, 4) is 0 Å². The van der Waals surface area contributed by atoms with E-state index in [1.54, 1.807) is 6.26 Å². The molecule has 1 aliphatic rings. The van der Waals surface area contributed by atoms with Gasteiger partial charge in [0.2, 0.25) is 0 Å². The molecule has 10 heteroatoms. The van der Waals surface area contributed by atoms with Crippen LogP contribution in [0.15, 0.2) is 0 Å². The molecule has 136 valence electrons. The summed E-state index contributed by atoms with van der Waals surface area (Å²) < 4.78 is 25.7. The predicted octanol–water partition coefficient (Wildman–Crippen LogP) is 0.0424. The summed E-state index contributed by atoms with van der Waals surface area (Å²) in [5.41, 5.74) is -0.825. The summed E-state index contributed by atoms with van der Waals surface area (Å²) >= 11 is 1.14. The second-order valence-electron chi connectivity index (χ2n) is 4.91. The van der Waals surface area contributed by atoms with Crippen LogP contribution in [0.1, 0.15) is 20.8 Å². The zero-order valence-electron chi connectivity index (χ0n) is 14.0. The second-order valence-corrected chi connectivity index (χ2v) is 5.84. The lowest BCUT2D eigenvalue weighted by atomic mass is 9.99. The molecule has 1 fully saturated rings. The summed E-state index contributed by atoms with van der Waals surface area (Å²) in [6.45, 7) is 3.45. The third-order valence-electron chi connectivity index (χ3n) is 3.07. The highest BCUT2D eigenvalue weighted by atomic mass is 32.2. The molecular weight excluding hydrogens is 344 g/mol. The maximum absolute atomic E-state index is 12.0. The van der Waals surface area contributed by atoms with Crippen LogP contribution in [0.2, 0.25) is 0 Å². The van der Waals surface area contributed by atoms with Gasteiger partial charge in [-0.15, -0.1) is 11.8 Å². The summed E-state index contributed by atoms with van der Waals surface area (Å²) in [6.07, 6.45) is -3.26. The molecule has 1 aliphatic heterocycles. The summed E-state index contributed by atoms with van der Waals surface area (Å²) in [6, 6.07) is 0. The van der Waals surface area contributed by atoms with Crippen LogP contribution in [0, 0.1) is 0 Å². The van der Waals surface area contributed by atoms with Crippen molar-refractivity contribution in [3.05, 3.63) is 0 Å². The highest BCUT2D eigenvalue weighted by Crippen LogP contribution is 2.33. The minimum atomic E-state index is -1.33. The molecule has 0 aromatic carbocycles. The molecule has 0 spiro atoms. The molecule has 0 N–H and O–H groups in total. The summed E-state index contributed by atoms with van der Waals surface area (Å²) in [4.78, 5) is 46.2. The fourth-order valence-corrected chi connectivity index (χ4v) is 2.98. The molecule has 5 atom stereocenters. The van der Waals surface area contributed by atoms with Gasteiger partial charge in [-0.3, -0.25) is 14.4 Å². The molecule has 1 rings (SSSR count). The van der Waals surface area contributed by atoms with Crippen molar-refractivity contribution in [2.75, 3.05) is 13.4 Å². The number of ether oxygens (including phenoxy) is 5. The fraction of sp³-hybridized carbons (Fsp3) is 0.714. The second kappa shape index (κ2) is 8.88. The number of hydrogen-bond acceptors (Lipinski definition) is 10. The van der Waals surface area contributed by atoms with E-state index in [1.165, 1.54) is 6.92 Å². The third kappa shape index (κ3) is 5.10. The van der Waals surface area contributed by atoms with E-state index in [1.807, 2.05) is 0 Å². The van der Waals surface area contributed by atoms with Crippen LogP contribution in [-0.4, -0.2) is 67.1 Å². The lowest BCUT2D eigenvalue weighted by molar-refractivity contribution is -0.235. The lowest BCUT2D eigenvalue weighted by Crippen LogP contribution is -2.62. The summed E-state index contributed by atoms with van der Waals surface area (Å²) in [5, 5.41) is 0. The molecule has 24 heavy (non-hydrogen) atoms. The van der Waals surface area contributed by atoms with Crippen LogP contribution in [0.5, 0.6) is 0 Å². The number of carbonyl (C=O) groups excluding carboxylic acids is 4. The van der Waals surface area contributed by atoms with Crippen LogP contribution >= 0.6 is 11.8 Å². The van der Waals surface area contributed by atoms with Gasteiger partial charge in [0.15, 0.2) is 24.4 Å². The number of esters is 4. The minimum Gasteiger partial charge on any atom is -0.467 e. The van der Waals surface area contributed by atoms with Crippen LogP contribution < -0.4 is 0 Å². The Morgan fingerprint density at radius 1 is 0.833 bits per heavy atom. The Morgan fingerprint density at radius 3 is 1.71 bits per heavy atom. The maximum Gasteiger partial charge on any atom is 0.339 e. The van der Waals surface area contributed by atoms with Gasteiger partial charge in [-0.2, -0.15) is 0 Å². The standard InChI is InChI=1S/C14H20O9S/c1-6(15)20-9-10(21-7(2)16)12(22-8(3)17)14(24-5)23-11(9)13(18)19-4/h9-12,14H,1-5H3/t9-,10-,11-,12-,14-/m1/s1. The molecule has 0 unspecified atom stereocenters. The zero-order chi connectivity index (χ0) is 18.4. The van der Waals surface area contributed by atoms with E-state index < -0.39 is 53.7 Å². The Hall–Kier alpha value is -1.81. The van der Waals surface area contributed by atoms with Crippen LogP contribution in [0.4, 0.5) is 0 Å². The molecule has 0 aromatic heterocycles. The average Bonchev–Trinajstić information content (AvgIpc) is 2.48. The summed E-state index contributed by atoms with van der Waals surface area (Å²) in [7, 11) is 1.14. The topological polar surface area (TPSA) is 114 Å². The highest BCUT2D eigenvalue weighted by molar-refractivity contribution is 7.99. The van der Waals surface area contributed by atoms with Crippen molar-refractivity contribution < 1.29 is 42.9 Å². The first-order valence-electron chi connectivity index (χ1n) is 6.99. The maximum atomic E-state index is 12.0. The van der Waals surface area contributed by atoms with Gasteiger partial charge in [0.25, 0.3) is 0 Å². The Morgan fingerprint density at radius 2 is 1.29 bits per heavy atom. The molecule has 9 nitrogen and oxygen atoms in total. The van der Waals surface area contributed by atoms with Crippen molar-refractivity contribution in [2.45, 2.75) is 50.6 Å². The number of rotatable bonds is 5. The normalized spacial score (nSPS) is 29.3. The van der Waals surface area contributed by atoms with Crippen LogP contribution in [-0.2, 0) is 42.9 Å². The van der Waals surface area contributed by atoms with Gasteiger partial charge < -0.3 is 23.7 Å². The first kappa shape index (κ1) is 20.2. The first-order valence-corrected chi connectivity index (χ1v) is 8.27. The Bertz CT molecular complexity index is 506. The van der Waals surface area contributed by atoms with E-state index in [2.05, 4.69) is 4.74 Å². The van der Waals surface area contributed by atoms with E-state index in [0.717, 1.165) is 32.7 Å². The summed E-state index contributed by atoms with van der Waals surface area (Å²) in [5.74, 6) is -2.87. The van der Waals surface area contributed by atoms with Crippen molar-refractivity contribution >= 4 is 35.6 Å². The van der Waals surface area contributed by atoms with Gasteiger partial charge in [-0.1, -0.05) is 0 Å². The van der Waals surface area contributed by atoms with E-state index in [9.17, 15) is 19.2 Å². The van der Waals surface area contributed by atoms with Gasteiger partial charge in [-0.05, 0) is 6.26 Å². The molecule has 0 radical (unpaired) electrons. The number of methoxy groups -OCH3 is 1. The van der Waals surface area contributed by atoms with Crippen molar-refractivity contribution in [3.63, 3.8) is 0 Å². The Labute approximate surface area is 143 Å². The van der Waals surface area contributed by atoms with E-state index >= 15 is 0 Å². The minimum absolute atomic E-state index is 0.641. The smallest absolute Gasteiger partial charge is 0.339 e. The number of thioether (sulfide) groups is 1. The number of hydrogen-bond donors (Lipinski definition) is 0. The molecular formula is C14H20O9S. The van der Waals surface area contributed by atoms with Gasteiger partial charge in [0, 0.05) is 20.8 Å². The van der Waals surface area contributed by atoms with E-state index in [4.69, 9.17) is 18.9 Å². The largest absolute Gasteiger partial charge is 0.467 e. The van der Waals surface area contributed by atoms with Crippen molar-refractivity contribution in [1.29, 1.82) is 0 Å². The molecule has 1 saturated heterocycles.